The number of esters is 1. The number of aliphatic hydroxyl groups excluding tert-OH is 2. The van der Waals surface area contributed by atoms with Crippen LogP contribution in [0.3, 0.4) is 0 Å². The highest BCUT2D eigenvalue weighted by Crippen LogP contribution is 2.36. The van der Waals surface area contributed by atoms with Gasteiger partial charge in [-0.2, -0.15) is 0 Å². The Morgan fingerprint density at radius 1 is 1.19 bits per heavy atom. The SMILES string of the molecule is COC(=O)CCC1CNc2cc(O)ccc21.O=C(O)C(O)C(O)C(=O)O. The lowest BCUT2D eigenvalue weighted by Gasteiger charge is -2.08. The van der Waals surface area contributed by atoms with Gasteiger partial charge in [0.25, 0.3) is 0 Å². The Hall–Kier alpha value is -2.85. The molecule has 26 heavy (non-hydrogen) atoms. The fourth-order valence-corrected chi connectivity index (χ4v) is 2.32. The molecule has 0 saturated carbocycles. The van der Waals surface area contributed by atoms with Crippen LogP contribution in [0.2, 0.25) is 0 Å². The topological polar surface area (TPSA) is 174 Å². The molecule has 6 N–H and O–H groups in total. The van der Waals surface area contributed by atoms with Gasteiger partial charge in [0.2, 0.25) is 0 Å². The van der Waals surface area contributed by atoms with Crippen LogP contribution in [0.5, 0.6) is 5.75 Å². The van der Waals surface area contributed by atoms with Gasteiger partial charge in [0.1, 0.15) is 5.75 Å². The van der Waals surface area contributed by atoms with Crippen LogP contribution in [0.1, 0.15) is 24.3 Å². The van der Waals surface area contributed by atoms with Crippen LogP contribution < -0.4 is 5.32 Å². The fourth-order valence-electron chi connectivity index (χ4n) is 2.32. The second kappa shape index (κ2) is 9.59. The Labute approximate surface area is 148 Å². The number of benzene rings is 1. The van der Waals surface area contributed by atoms with Crippen LogP contribution in [0.15, 0.2) is 18.2 Å². The summed E-state index contributed by atoms with van der Waals surface area (Å²) in [5.41, 5.74) is 2.14. The molecule has 3 unspecified atom stereocenters. The van der Waals surface area contributed by atoms with Crippen molar-refractivity contribution in [3.05, 3.63) is 23.8 Å². The maximum absolute atomic E-state index is 11.1. The van der Waals surface area contributed by atoms with E-state index in [9.17, 15) is 19.5 Å². The van der Waals surface area contributed by atoms with E-state index < -0.39 is 24.1 Å². The van der Waals surface area contributed by atoms with E-state index in [1.807, 2.05) is 6.07 Å². The van der Waals surface area contributed by atoms with Gasteiger partial charge in [0.05, 0.1) is 7.11 Å². The molecule has 0 spiro atoms. The summed E-state index contributed by atoms with van der Waals surface area (Å²) in [6.07, 6.45) is -3.32. The molecule has 2 rings (SSSR count). The quantitative estimate of drug-likeness (QED) is 0.365. The summed E-state index contributed by atoms with van der Waals surface area (Å²) < 4.78 is 4.62. The molecule has 0 amide bonds. The van der Waals surface area contributed by atoms with E-state index in [1.165, 1.54) is 12.7 Å². The number of carbonyl (C=O) groups excluding carboxylic acids is 1. The van der Waals surface area contributed by atoms with Gasteiger partial charge in [-0.15, -0.1) is 0 Å². The number of aromatic hydroxyl groups is 1. The second-order valence-electron chi connectivity index (χ2n) is 5.53. The molecule has 1 heterocycles. The molecular formula is C16H21NO9. The molecule has 0 fully saturated rings. The Morgan fingerprint density at radius 2 is 1.77 bits per heavy atom. The zero-order valence-corrected chi connectivity index (χ0v) is 14.0. The number of anilines is 1. The minimum Gasteiger partial charge on any atom is -0.508 e. The smallest absolute Gasteiger partial charge is 0.335 e. The van der Waals surface area contributed by atoms with Crippen LogP contribution in [0, 0.1) is 0 Å². The number of aliphatic hydroxyl groups is 2. The summed E-state index contributed by atoms with van der Waals surface area (Å²) in [4.78, 5) is 30.6. The van der Waals surface area contributed by atoms with Gasteiger partial charge < -0.3 is 35.6 Å². The van der Waals surface area contributed by atoms with Gasteiger partial charge in [-0.1, -0.05) is 6.07 Å². The van der Waals surface area contributed by atoms with E-state index in [0.717, 1.165) is 18.7 Å². The van der Waals surface area contributed by atoms with E-state index in [-0.39, 0.29) is 11.7 Å². The summed E-state index contributed by atoms with van der Waals surface area (Å²) in [5.74, 6) is -3.12. The molecule has 0 aromatic heterocycles. The molecule has 0 aliphatic carbocycles. The first-order valence-corrected chi connectivity index (χ1v) is 7.62. The van der Waals surface area contributed by atoms with Crippen molar-refractivity contribution in [2.45, 2.75) is 31.0 Å². The summed E-state index contributed by atoms with van der Waals surface area (Å²) in [5, 5.41) is 45.1. The van der Waals surface area contributed by atoms with Gasteiger partial charge in [-0.25, -0.2) is 9.59 Å². The number of hydrogen-bond donors (Lipinski definition) is 6. The number of hydrogen-bond acceptors (Lipinski definition) is 8. The average Bonchev–Trinajstić information content (AvgIpc) is 3.00. The Bertz CT molecular complexity index is 643. The number of ether oxygens (including phenoxy) is 1. The van der Waals surface area contributed by atoms with E-state index in [0.29, 0.717) is 12.3 Å². The number of carboxylic acids is 2. The van der Waals surface area contributed by atoms with Crippen molar-refractivity contribution in [2.24, 2.45) is 0 Å². The summed E-state index contributed by atoms with van der Waals surface area (Å²) in [6.45, 7) is 0.815. The first-order valence-electron chi connectivity index (χ1n) is 7.62. The van der Waals surface area contributed by atoms with Crippen LogP contribution in [-0.2, 0) is 19.1 Å². The Morgan fingerprint density at radius 3 is 2.27 bits per heavy atom. The maximum Gasteiger partial charge on any atom is 0.335 e. The van der Waals surface area contributed by atoms with Crippen LogP contribution >= 0.6 is 0 Å². The number of phenols is 1. The average molecular weight is 371 g/mol. The minimum absolute atomic E-state index is 0.174. The zero-order chi connectivity index (χ0) is 19.9. The predicted molar refractivity (Wildman–Crippen MR) is 87.9 cm³/mol. The number of carbonyl (C=O) groups is 3. The summed E-state index contributed by atoms with van der Waals surface area (Å²) in [7, 11) is 1.40. The predicted octanol–water partition coefficient (Wildman–Crippen LogP) is -0.268. The lowest BCUT2D eigenvalue weighted by atomic mass is 9.96. The van der Waals surface area contributed by atoms with Crippen molar-refractivity contribution >= 4 is 23.6 Å². The third-order valence-corrected chi connectivity index (χ3v) is 3.75. The van der Waals surface area contributed by atoms with Gasteiger partial charge in [0.15, 0.2) is 12.2 Å². The number of aliphatic carboxylic acids is 2. The standard InChI is InChI=1S/C12H15NO3.C4H6O6/c1-16-12(15)5-2-8-7-13-11-6-9(14)3-4-10(8)11;5-1(3(7)8)2(6)4(9)10/h3-4,6,8,13-14H,2,5,7H2,1H3;1-2,5-6H,(H,7,8)(H,9,10). The monoisotopic (exact) mass is 371 g/mol. The van der Waals surface area contributed by atoms with Crippen molar-refractivity contribution in [3.63, 3.8) is 0 Å². The van der Waals surface area contributed by atoms with E-state index in [1.54, 1.807) is 12.1 Å². The van der Waals surface area contributed by atoms with Crippen LogP contribution in [-0.4, -0.2) is 69.3 Å². The van der Waals surface area contributed by atoms with E-state index >= 15 is 0 Å². The fraction of sp³-hybridized carbons (Fsp3) is 0.438. The third-order valence-electron chi connectivity index (χ3n) is 3.75. The Balaban J connectivity index is 0.000000294. The summed E-state index contributed by atoms with van der Waals surface area (Å²) >= 11 is 0. The third kappa shape index (κ3) is 5.90. The Kier molecular flexibility index (Phi) is 7.81. The van der Waals surface area contributed by atoms with E-state index in [4.69, 9.17) is 20.4 Å². The first-order chi connectivity index (χ1) is 12.2. The normalized spacial score (nSPS) is 17.0. The number of fused-ring (bicyclic) bond motifs is 1. The van der Waals surface area contributed by atoms with Crippen molar-refractivity contribution in [1.82, 2.24) is 0 Å². The minimum atomic E-state index is -2.27. The van der Waals surface area contributed by atoms with Gasteiger partial charge >= 0.3 is 17.9 Å². The molecule has 1 aliphatic rings. The molecule has 1 aromatic carbocycles. The maximum atomic E-state index is 11.1. The number of methoxy groups -OCH3 is 1. The number of rotatable bonds is 6. The molecule has 144 valence electrons. The van der Waals surface area contributed by atoms with Gasteiger partial charge in [-0.3, -0.25) is 4.79 Å². The lowest BCUT2D eigenvalue weighted by Crippen LogP contribution is -2.39. The molecular weight excluding hydrogens is 350 g/mol. The van der Waals surface area contributed by atoms with Crippen molar-refractivity contribution < 1.29 is 44.7 Å². The number of carboxylic acid groups (broad SMARTS) is 2. The number of nitrogens with one attached hydrogen (secondary N) is 1. The molecule has 0 saturated heterocycles. The van der Waals surface area contributed by atoms with Gasteiger partial charge in [-0.05, 0) is 18.1 Å². The molecule has 1 aliphatic heterocycles. The summed E-state index contributed by atoms with van der Waals surface area (Å²) in [6, 6.07) is 5.30. The highest BCUT2D eigenvalue weighted by atomic mass is 16.5. The first kappa shape index (κ1) is 21.2. The molecule has 1 aromatic rings. The molecule has 3 atom stereocenters. The van der Waals surface area contributed by atoms with Gasteiger partial charge in [0, 0.05) is 30.6 Å². The highest BCUT2D eigenvalue weighted by Gasteiger charge is 2.29. The highest BCUT2D eigenvalue weighted by molar-refractivity contribution is 5.83. The largest absolute Gasteiger partial charge is 0.508 e. The van der Waals surface area contributed by atoms with Crippen molar-refractivity contribution in [1.29, 1.82) is 0 Å². The van der Waals surface area contributed by atoms with Crippen molar-refractivity contribution in [2.75, 3.05) is 19.0 Å². The zero-order valence-electron chi connectivity index (χ0n) is 14.0. The lowest BCUT2D eigenvalue weighted by molar-refractivity contribution is -0.165. The number of phenolic OH excluding ortho intramolecular Hbond substituents is 1. The molecule has 10 nitrogen and oxygen atoms in total. The van der Waals surface area contributed by atoms with Crippen LogP contribution in [0.4, 0.5) is 5.69 Å². The molecule has 0 bridgehead atoms. The second-order valence-corrected chi connectivity index (χ2v) is 5.53. The van der Waals surface area contributed by atoms with Crippen LogP contribution in [0.25, 0.3) is 0 Å². The van der Waals surface area contributed by atoms with Crippen molar-refractivity contribution in [3.8, 4) is 5.75 Å². The molecule has 10 heteroatoms. The molecule has 0 radical (unpaired) electrons. The van der Waals surface area contributed by atoms with E-state index in [2.05, 4.69) is 10.1 Å².